The fourth-order valence-corrected chi connectivity index (χ4v) is 3.93. The second-order valence-corrected chi connectivity index (χ2v) is 7.68. The van der Waals surface area contributed by atoms with E-state index in [1.54, 1.807) is 23.9 Å². The van der Waals surface area contributed by atoms with Gasteiger partial charge in [0, 0.05) is 18.9 Å². The van der Waals surface area contributed by atoms with E-state index >= 15 is 0 Å². The molecular formula is C17H22F3N3OS. The molecule has 1 aromatic heterocycles. The van der Waals surface area contributed by atoms with Crippen LogP contribution < -0.4 is 5.32 Å². The van der Waals surface area contributed by atoms with Crippen LogP contribution in [0.5, 0.6) is 0 Å². The smallest absolute Gasteiger partial charge is 0.324 e. The molecular weight excluding hydrogens is 351 g/mol. The lowest BCUT2D eigenvalue weighted by atomic mass is 9.93. The quantitative estimate of drug-likeness (QED) is 0.834. The summed E-state index contributed by atoms with van der Waals surface area (Å²) in [7, 11) is 1.36. The maximum atomic E-state index is 13.1. The Bertz CT molecular complexity index is 692. The highest BCUT2D eigenvalue weighted by Gasteiger charge is 2.39. The van der Waals surface area contributed by atoms with Crippen molar-refractivity contribution in [2.24, 2.45) is 18.9 Å². The third-order valence-electron chi connectivity index (χ3n) is 3.85. The summed E-state index contributed by atoms with van der Waals surface area (Å²) in [6, 6.07) is 0. The normalized spacial score (nSPS) is 19.0. The van der Waals surface area contributed by atoms with Crippen LogP contribution in [0.3, 0.4) is 0 Å². The summed E-state index contributed by atoms with van der Waals surface area (Å²) >= 11 is 1.57. The number of thioether (sulfide) groups is 1. The molecule has 0 radical (unpaired) electrons. The van der Waals surface area contributed by atoms with E-state index in [0.717, 1.165) is 17.3 Å². The Balaban J connectivity index is 2.21. The van der Waals surface area contributed by atoms with Crippen molar-refractivity contribution in [3.8, 4) is 0 Å². The van der Waals surface area contributed by atoms with Crippen LogP contribution in [0.4, 0.5) is 13.2 Å². The number of rotatable bonds is 5. The predicted octanol–water partition coefficient (Wildman–Crippen LogP) is 4.36. The molecule has 0 aliphatic carbocycles. The number of hydrogen-bond donors (Lipinski definition) is 1. The molecule has 0 saturated heterocycles. The Kier molecular flexibility index (Phi) is 6.03. The second-order valence-electron chi connectivity index (χ2n) is 6.63. The highest BCUT2D eigenvalue weighted by molar-refractivity contribution is 8.03. The third-order valence-corrected chi connectivity index (χ3v) is 5.17. The Hall–Kier alpha value is -1.70. The first-order valence-electron chi connectivity index (χ1n) is 8.04. The van der Waals surface area contributed by atoms with Crippen LogP contribution in [0.15, 0.2) is 29.5 Å². The molecule has 25 heavy (non-hydrogen) atoms. The van der Waals surface area contributed by atoms with Gasteiger partial charge in [0.2, 0.25) is 0 Å². The van der Waals surface area contributed by atoms with Gasteiger partial charge in [0.25, 0.3) is 5.91 Å². The van der Waals surface area contributed by atoms with Crippen LogP contribution in [0.2, 0.25) is 0 Å². The average Bonchev–Trinajstić information content (AvgIpc) is 2.89. The van der Waals surface area contributed by atoms with Gasteiger partial charge < -0.3 is 5.32 Å². The summed E-state index contributed by atoms with van der Waals surface area (Å²) in [5.74, 6) is -0.0181. The van der Waals surface area contributed by atoms with Crippen molar-refractivity contribution in [2.45, 2.75) is 38.6 Å². The monoisotopic (exact) mass is 373 g/mol. The largest absolute Gasteiger partial charge is 0.435 e. The zero-order valence-corrected chi connectivity index (χ0v) is 15.4. The number of allylic oxidation sites excluding steroid dienone is 2. The van der Waals surface area contributed by atoms with E-state index < -0.39 is 23.3 Å². The van der Waals surface area contributed by atoms with Gasteiger partial charge >= 0.3 is 6.18 Å². The Morgan fingerprint density at radius 1 is 1.40 bits per heavy atom. The van der Waals surface area contributed by atoms with E-state index in [9.17, 15) is 18.0 Å². The van der Waals surface area contributed by atoms with Crippen molar-refractivity contribution in [1.29, 1.82) is 0 Å². The van der Waals surface area contributed by atoms with Crippen LogP contribution >= 0.6 is 11.8 Å². The molecule has 2 heterocycles. The number of amides is 1. The van der Waals surface area contributed by atoms with Crippen LogP contribution in [0.1, 0.15) is 43.2 Å². The van der Waals surface area contributed by atoms with Gasteiger partial charge in [0.15, 0.2) is 5.69 Å². The van der Waals surface area contributed by atoms with E-state index in [2.05, 4.69) is 31.2 Å². The fraction of sp³-hybridized carbons (Fsp3) is 0.529. The summed E-state index contributed by atoms with van der Waals surface area (Å²) in [5, 5.41) is 7.98. The van der Waals surface area contributed by atoms with Gasteiger partial charge in [-0.3, -0.25) is 9.48 Å². The maximum Gasteiger partial charge on any atom is 0.435 e. The standard InChI is InChI=1S/C17H22F3N3OS/c1-10(2)8-11(3)14-13(6-5-7-25-14)21-16(24)12-9-23(4)22-15(12)17(18,19)20/h5-7,9-11,14H,8H2,1-4H3,(H,21,24)/t11?,14-/m1/s1. The maximum absolute atomic E-state index is 13.1. The van der Waals surface area contributed by atoms with Crippen LogP contribution in [-0.2, 0) is 13.2 Å². The van der Waals surface area contributed by atoms with E-state index in [1.165, 1.54) is 7.05 Å². The van der Waals surface area contributed by atoms with E-state index in [-0.39, 0.29) is 11.2 Å². The third kappa shape index (κ3) is 4.90. The van der Waals surface area contributed by atoms with Gasteiger partial charge in [-0.2, -0.15) is 18.3 Å². The van der Waals surface area contributed by atoms with E-state index in [4.69, 9.17) is 0 Å². The van der Waals surface area contributed by atoms with Gasteiger partial charge in [-0.15, -0.1) is 11.8 Å². The molecule has 2 atom stereocenters. The summed E-state index contributed by atoms with van der Waals surface area (Å²) in [6.07, 6.45) is 0.913. The predicted molar refractivity (Wildman–Crippen MR) is 92.9 cm³/mol. The number of aromatic nitrogens is 2. The van der Waals surface area contributed by atoms with Crippen molar-refractivity contribution in [3.05, 3.63) is 40.7 Å². The first-order chi connectivity index (χ1) is 11.6. The lowest BCUT2D eigenvalue weighted by molar-refractivity contribution is -0.141. The van der Waals surface area contributed by atoms with E-state index in [1.807, 2.05) is 5.41 Å². The van der Waals surface area contributed by atoms with Crippen LogP contribution in [0, 0.1) is 11.8 Å². The van der Waals surface area contributed by atoms with Crippen LogP contribution in [-0.4, -0.2) is 20.9 Å². The molecule has 1 N–H and O–H groups in total. The van der Waals surface area contributed by atoms with Crippen molar-refractivity contribution >= 4 is 17.7 Å². The molecule has 0 spiro atoms. The van der Waals surface area contributed by atoms with Gasteiger partial charge in [0.1, 0.15) is 0 Å². The summed E-state index contributed by atoms with van der Waals surface area (Å²) < 4.78 is 40.2. The minimum atomic E-state index is -4.67. The molecule has 2 rings (SSSR count). The number of nitrogens with one attached hydrogen (secondary N) is 1. The number of carbonyl (C=O) groups excluding carboxylic acids is 1. The van der Waals surface area contributed by atoms with Gasteiger partial charge in [-0.05, 0) is 29.7 Å². The van der Waals surface area contributed by atoms with Crippen molar-refractivity contribution in [1.82, 2.24) is 15.1 Å². The van der Waals surface area contributed by atoms with Gasteiger partial charge in [-0.25, -0.2) is 0 Å². The fourth-order valence-electron chi connectivity index (χ4n) is 2.92. The molecule has 0 fully saturated rings. The zero-order chi connectivity index (χ0) is 18.8. The first-order valence-corrected chi connectivity index (χ1v) is 8.98. The second kappa shape index (κ2) is 7.68. The molecule has 1 amide bonds. The number of hydrogen-bond acceptors (Lipinski definition) is 3. The molecule has 1 aromatic rings. The Morgan fingerprint density at radius 3 is 2.68 bits per heavy atom. The Labute approximate surface area is 149 Å². The minimum Gasteiger partial charge on any atom is -0.324 e. The molecule has 0 aromatic carbocycles. The zero-order valence-electron chi connectivity index (χ0n) is 14.6. The number of carbonyl (C=O) groups is 1. The molecule has 0 saturated carbocycles. The SMILES string of the molecule is CC(C)CC(C)[C@H]1SC=CC=C1NC(=O)c1cn(C)nc1C(F)(F)F. The highest BCUT2D eigenvalue weighted by atomic mass is 32.2. The summed E-state index contributed by atoms with van der Waals surface area (Å²) in [5.41, 5.74) is -1.01. The molecule has 1 aliphatic rings. The Morgan fingerprint density at radius 2 is 2.08 bits per heavy atom. The molecule has 1 unspecified atom stereocenters. The van der Waals surface area contributed by atoms with E-state index in [0.29, 0.717) is 11.6 Å². The number of halogens is 3. The number of alkyl halides is 3. The lowest BCUT2D eigenvalue weighted by Gasteiger charge is -2.28. The molecule has 1 aliphatic heterocycles. The molecule has 0 bridgehead atoms. The van der Waals surface area contributed by atoms with Gasteiger partial charge in [-0.1, -0.05) is 26.8 Å². The van der Waals surface area contributed by atoms with Crippen molar-refractivity contribution in [2.75, 3.05) is 0 Å². The lowest BCUT2D eigenvalue weighted by Crippen LogP contribution is -2.33. The molecule has 4 nitrogen and oxygen atoms in total. The molecule has 8 heteroatoms. The first kappa shape index (κ1) is 19.6. The highest BCUT2D eigenvalue weighted by Crippen LogP contribution is 2.34. The van der Waals surface area contributed by atoms with Gasteiger partial charge in [0.05, 0.1) is 10.8 Å². The average molecular weight is 373 g/mol. The minimum absolute atomic E-state index is 0.00218. The van der Waals surface area contributed by atoms with Crippen molar-refractivity contribution in [3.63, 3.8) is 0 Å². The van der Waals surface area contributed by atoms with Crippen molar-refractivity contribution < 1.29 is 18.0 Å². The summed E-state index contributed by atoms with van der Waals surface area (Å²) in [4.78, 5) is 12.4. The number of aryl methyl sites for hydroxylation is 1. The number of nitrogens with zero attached hydrogens (tertiary/aromatic N) is 2. The topological polar surface area (TPSA) is 46.9 Å². The van der Waals surface area contributed by atoms with Crippen LogP contribution in [0.25, 0.3) is 0 Å². The summed E-state index contributed by atoms with van der Waals surface area (Å²) in [6.45, 7) is 6.32. The molecule has 138 valence electrons.